The molecule has 0 aromatic carbocycles. The zero-order chi connectivity index (χ0) is 13.2. The molecule has 2 atom stereocenters. The van der Waals surface area contributed by atoms with E-state index in [9.17, 15) is 8.42 Å². The fraction of sp³-hybridized carbons (Fsp3) is 0.800. The highest BCUT2D eigenvalue weighted by atomic mass is 32.2. The average molecular weight is 291 g/mol. The van der Waals surface area contributed by atoms with Gasteiger partial charge in [-0.05, 0) is 6.92 Å². The van der Waals surface area contributed by atoms with Crippen molar-refractivity contribution in [3.63, 3.8) is 0 Å². The second-order valence-corrected chi connectivity index (χ2v) is 7.96. The summed E-state index contributed by atoms with van der Waals surface area (Å²) in [7, 11) is -3.18. The Morgan fingerprint density at radius 2 is 2.39 bits per heavy atom. The van der Waals surface area contributed by atoms with Crippen LogP contribution in [0, 0.1) is 0 Å². The van der Waals surface area contributed by atoms with Gasteiger partial charge in [-0.1, -0.05) is 5.16 Å². The number of hydrogen-bond acceptors (Lipinski definition) is 7. The Bertz CT molecular complexity index is 494. The molecule has 1 fully saturated rings. The van der Waals surface area contributed by atoms with E-state index in [1.165, 1.54) is 6.26 Å². The molecule has 1 N–H and O–H groups in total. The molecule has 1 aromatic heterocycles. The minimum absolute atomic E-state index is 0.246. The number of thioether (sulfide) groups is 1. The van der Waals surface area contributed by atoms with Crippen molar-refractivity contribution < 1.29 is 12.9 Å². The topological polar surface area (TPSA) is 85.1 Å². The first-order chi connectivity index (χ1) is 8.47. The van der Waals surface area contributed by atoms with Crippen molar-refractivity contribution in [2.45, 2.75) is 24.6 Å². The quantitative estimate of drug-likeness (QED) is 0.860. The first kappa shape index (κ1) is 13.8. The summed E-state index contributed by atoms with van der Waals surface area (Å²) in [6.07, 6.45) is 1.82. The molecule has 1 aliphatic heterocycles. The second-order valence-electron chi connectivity index (χ2n) is 4.45. The van der Waals surface area contributed by atoms with E-state index in [4.69, 9.17) is 4.52 Å². The van der Waals surface area contributed by atoms with Crippen LogP contribution in [-0.4, -0.2) is 48.9 Å². The third kappa shape index (κ3) is 3.46. The third-order valence-electron chi connectivity index (χ3n) is 2.91. The number of aromatic nitrogens is 2. The fourth-order valence-electron chi connectivity index (χ4n) is 1.67. The molecule has 102 valence electrons. The SMILES string of the molecule is CC(c1noc(CC2CSCCN2)n1)S(C)(=O)=O. The zero-order valence-corrected chi connectivity index (χ0v) is 12.1. The number of rotatable bonds is 4. The summed E-state index contributed by atoms with van der Waals surface area (Å²) in [5.74, 6) is 2.88. The zero-order valence-electron chi connectivity index (χ0n) is 10.4. The van der Waals surface area contributed by atoms with Gasteiger partial charge in [-0.3, -0.25) is 0 Å². The standard InChI is InChI=1S/C10H17N3O3S2/c1-7(18(2,14)15)10-12-9(16-13-10)5-8-6-17-4-3-11-8/h7-8,11H,3-6H2,1-2H3. The molecule has 0 radical (unpaired) electrons. The van der Waals surface area contributed by atoms with E-state index in [1.54, 1.807) is 6.92 Å². The molecule has 0 aliphatic carbocycles. The van der Waals surface area contributed by atoms with Crippen molar-refractivity contribution >= 4 is 21.6 Å². The van der Waals surface area contributed by atoms with Gasteiger partial charge in [0.05, 0.1) is 0 Å². The van der Waals surface area contributed by atoms with Gasteiger partial charge < -0.3 is 9.84 Å². The minimum Gasteiger partial charge on any atom is -0.339 e. The van der Waals surface area contributed by atoms with Gasteiger partial charge in [-0.15, -0.1) is 0 Å². The number of nitrogens with one attached hydrogen (secondary N) is 1. The molecule has 1 aliphatic rings. The summed E-state index contributed by atoms with van der Waals surface area (Å²) in [5, 5.41) is 6.40. The Morgan fingerprint density at radius 1 is 1.61 bits per heavy atom. The maximum atomic E-state index is 11.4. The Kier molecular flexibility index (Phi) is 4.29. The molecule has 6 nitrogen and oxygen atoms in total. The van der Waals surface area contributed by atoms with Crippen LogP contribution >= 0.6 is 11.8 Å². The summed E-state index contributed by atoms with van der Waals surface area (Å²) in [5.41, 5.74) is 0. The summed E-state index contributed by atoms with van der Waals surface area (Å²) in [6, 6.07) is 0.325. The van der Waals surface area contributed by atoms with Crippen LogP contribution in [0.4, 0.5) is 0 Å². The predicted octanol–water partition coefficient (Wildman–Crippen LogP) is 0.423. The van der Waals surface area contributed by atoms with Gasteiger partial charge in [0.15, 0.2) is 15.7 Å². The molecule has 2 heterocycles. The lowest BCUT2D eigenvalue weighted by molar-refractivity contribution is 0.358. The lowest BCUT2D eigenvalue weighted by Gasteiger charge is -2.21. The van der Waals surface area contributed by atoms with Crippen molar-refractivity contribution in [2.24, 2.45) is 0 Å². The van der Waals surface area contributed by atoms with Crippen LogP contribution in [0.1, 0.15) is 23.9 Å². The summed E-state index contributed by atoms with van der Waals surface area (Å²) >= 11 is 1.89. The van der Waals surface area contributed by atoms with Crippen molar-refractivity contribution in [3.8, 4) is 0 Å². The largest absolute Gasteiger partial charge is 0.339 e. The molecule has 1 aromatic rings. The number of nitrogens with zero attached hydrogens (tertiary/aromatic N) is 2. The molecule has 18 heavy (non-hydrogen) atoms. The van der Waals surface area contributed by atoms with Crippen LogP contribution in [0.25, 0.3) is 0 Å². The van der Waals surface area contributed by atoms with Crippen LogP contribution in [0.15, 0.2) is 4.52 Å². The van der Waals surface area contributed by atoms with Crippen LogP contribution < -0.4 is 5.32 Å². The van der Waals surface area contributed by atoms with Gasteiger partial charge in [0.1, 0.15) is 5.25 Å². The Labute approximate surface area is 111 Å². The van der Waals surface area contributed by atoms with Crippen LogP contribution in [0.3, 0.4) is 0 Å². The van der Waals surface area contributed by atoms with Gasteiger partial charge in [-0.2, -0.15) is 16.7 Å². The van der Waals surface area contributed by atoms with Gasteiger partial charge in [-0.25, -0.2) is 8.42 Å². The van der Waals surface area contributed by atoms with Crippen molar-refractivity contribution in [3.05, 3.63) is 11.7 Å². The van der Waals surface area contributed by atoms with E-state index in [2.05, 4.69) is 15.5 Å². The van der Waals surface area contributed by atoms with E-state index >= 15 is 0 Å². The highest BCUT2D eigenvalue weighted by Gasteiger charge is 2.24. The first-order valence-electron chi connectivity index (χ1n) is 5.79. The monoisotopic (exact) mass is 291 g/mol. The van der Waals surface area contributed by atoms with E-state index in [0.29, 0.717) is 18.4 Å². The molecule has 2 rings (SSSR count). The summed E-state index contributed by atoms with van der Waals surface area (Å²) < 4.78 is 27.9. The Balaban J connectivity index is 2.01. The van der Waals surface area contributed by atoms with E-state index in [0.717, 1.165) is 18.1 Å². The highest BCUT2D eigenvalue weighted by Crippen LogP contribution is 2.18. The molecule has 2 unspecified atom stereocenters. The molecule has 0 spiro atoms. The minimum atomic E-state index is -3.18. The third-order valence-corrected chi connectivity index (χ3v) is 5.54. The van der Waals surface area contributed by atoms with Gasteiger partial charge in [0, 0.05) is 36.8 Å². The molecule has 0 saturated carbocycles. The molecule has 1 saturated heterocycles. The first-order valence-corrected chi connectivity index (χ1v) is 8.90. The lowest BCUT2D eigenvalue weighted by Crippen LogP contribution is -2.38. The molecule has 8 heteroatoms. The van der Waals surface area contributed by atoms with Gasteiger partial charge >= 0.3 is 0 Å². The van der Waals surface area contributed by atoms with E-state index < -0.39 is 15.1 Å². The van der Waals surface area contributed by atoms with Crippen LogP contribution in [0.5, 0.6) is 0 Å². The Hall–Kier alpha value is -0.600. The van der Waals surface area contributed by atoms with Crippen LogP contribution in [-0.2, 0) is 16.3 Å². The second kappa shape index (κ2) is 5.58. The van der Waals surface area contributed by atoms with Gasteiger partial charge in [0.25, 0.3) is 0 Å². The van der Waals surface area contributed by atoms with Crippen LogP contribution in [0.2, 0.25) is 0 Å². The molecule has 0 amide bonds. The fourth-order valence-corrected chi connectivity index (χ4v) is 3.10. The number of hydrogen-bond donors (Lipinski definition) is 1. The smallest absolute Gasteiger partial charge is 0.228 e. The lowest BCUT2D eigenvalue weighted by atomic mass is 10.2. The van der Waals surface area contributed by atoms with E-state index in [1.807, 2.05) is 11.8 Å². The predicted molar refractivity (Wildman–Crippen MR) is 70.4 cm³/mol. The maximum Gasteiger partial charge on any atom is 0.228 e. The average Bonchev–Trinajstić information content (AvgIpc) is 2.76. The molecule has 0 bridgehead atoms. The van der Waals surface area contributed by atoms with Crippen molar-refractivity contribution in [2.75, 3.05) is 24.3 Å². The summed E-state index contributed by atoms with van der Waals surface area (Å²) in [4.78, 5) is 4.16. The molecular formula is C10H17N3O3S2. The highest BCUT2D eigenvalue weighted by molar-refractivity contribution is 7.99. The maximum absolute atomic E-state index is 11.4. The van der Waals surface area contributed by atoms with Gasteiger partial charge in [0.2, 0.25) is 5.89 Å². The van der Waals surface area contributed by atoms with Crippen molar-refractivity contribution in [1.29, 1.82) is 0 Å². The summed E-state index contributed by atoms with van der Waals surface area (Å²) in [6.45, 7) is 2.55. The number of sulfone groups is 1. The molecular weight excluding hydrogens is 274 g/mol. The normalized spacial score (nSPS) is 22.9. The Morgan fingerprint density at radius 3 is 3.00 bits per heavy atom. The van der Waals surface area contributed by atoms with E-state index in [-0.39, 0.29) is 5.82 Å². The van der Waals surface area contributed by atoms with Crippen molar-refractivity contribution in [1.82, 2.24) is 15.5 Å².